The van der Waals surface area contributed by atoms with Crippen molar-refractivity contribution in [2.75, 3.05) is 5.75 Å². The SMILES string of the molecule is N#CCCSCc1cscn1. The summed E-state index contributed by atoms with van der Waals surface area (Å²) in [6.45, 7) is 0. The number of hydrogen-bond donors (Lipinski definition) is 0. The fourth-order valence-corrected chi connectivity index (χ4v) is 2.01. The number of rotatable bonds is 4. The number of thioether (sulfide) groups is 1. The molecule has 0 saturated carbocycles. The summed E-state index contributed by atoms with van der Waals surface area (Å²) in [4.78, 5) is 4.13. The fraction of sp³-hybridized carbons (Fsp3) is 0.429. The van der Waals surface area contributed by atoms with Crippen LogP contribution in [0.3, 0.4) is 0 Å². The molecule has 1 heterocycles. The third-order valence-electron chi connectivity index (χ3n) is 1.09. The monoisotopic (exact) mass is 184 g/mol. The molecule has 2 nitrogen and oxygen atoms in total. The lowest BCUT2D eigenvalue weighted by Crippen LogP contribution is -1.81. The van der Waals surface area contributed by atoms with Crippen molar-refractivity contribution in [3.05, 3.63) is 16.6 Å². The van der Waals surface area contributed by atoms with Crippen LogP contribution in [0.1, 0.15) is 12.1 Å². The van der Waals surface area contributed by atoms with E-state index >= 15 is 0 Å². The van der Waals surface area contributed by atoms with Crippen molar-refractivity contribution in [1.29, 1.82) is 5.26 Å². The van der Waals surface area contributed by atoms with Crippen molar-refractivity contribution in [3.8, 4) is 6.07 Å². The first-order valence-electron chi connectivity index (χ1n) is 3.25. The molecule has 0 saturated heterocycles. The second kappa shape index (κ2) is 5.16. The predicted octanol–water partition coefficient (Wildman–Crippen LogP) is 2.29. The number of aromatic nitrogens is 1. The van der Waals surface area contributed by atoms with Gasteiger partial charge in [-0.1, -0.05) is 0 Å². The van der Waals surface area contributed by atoms with Crippen LogP contribution < -0.4 is 0 Å². The molecule has 0 amide bonds. The topological polar surface area (TPSA) is 36.7 Å². The summed E-state index contributed by atoms with van der Waals surface area (Å²) in [6.07, 6.45) is 0.634. The van der Waals surface area contributed by atoms with E-state index in [2.05, 4.69) is 11.1 Å². The average molecular weight is 184 g/mol. The van der Waals surface area contributed by atoms with E-state index in [0.717, 1.165) is 17.2 Å². The lowest BCUT2D eigenvalue weighted by Gasteiger charge is -1.92. The molecule has 0 aliphatic rings. The molecule has 0 fully saturated rings. The highest BCUT2D eigenvalue weighted by atomic mass is 32.2. The van der Waals surface area contributed by atoms with Crippen molar-refractivity contribution in [2.24, 2.45) is 0 Å². The summed E-state index contributed by atoms with van der Waals surface area (Å²) in [7, 11) is 0. The smallest absolute Gasteiger partial charge is 0.0795 e. The molecule has 1 rings (SSSR count). The van der Waals surface area contributed by atoms with Crippen LogP contribution in [-0.2, 0) is 5.75 Å². The molecule has 1 aromatic rings. The standard InChI is InChI=1S/C7H8N2S2/c8-2-1-3-10-4-7-5-11-6-9-7/h5-6H,1,3-4H2. The Morgan fingerprint density at radius 2 is 2.64 bits per heavy atom. The van der Waals surface area contributed by atoms with Crippen molar-refractivity contribution in [2.45, 2.75) is 12.2 Å². The molecular formula is C7H8N2S2. The first kappa shape index (κ1) is 8.57. The van der Waals surface area contributed by atoms with E-state index in [9.17, 15) is 0 Å². The van der Waals surface area contributed by atoms with E-state index in [1.54, 1.807) is 23.1 Å². The second-order valence-electron chi connectivity index (χ2n) is 1.94. The Kier molecular flexibility index (Phi) is 4.02. The van der Waals surface area contributed by atoms with E-state index in [0.29, 0.717) is 6.42 Å². The summed E-state index contributed by atoms with van der Waals surface area (Å²) >= 11 is 3.37. The van der Waals surface area contributed by atoms with Gasteiger partial charge in [-0.3, -0.25) is 0 Å². The Morgan fingerprint density at radius 3 is 3.27 bits per heavy atom. The highest BCUT2D eigenvalue weighted by Gasteiger charge is 1.93. The molecule has 0 atom stereocenters. The molecule has 0 spiro atoms. The second-order valence-corrected chi connectivity index (χ2v) is 3.76. The Labute approximate surface area is 74.3 Å². The minimum Gasteiger partial charge on any atom is -0.249 e. The molecule has 0 aromatic carbocycles. The van der Waals surface area contributed by atoms with E-state index in [1.807, 2.05) is 10.9 Å². The minimum atomic E-state index is 0.634. The maximum Gasteiger partial charge on any atom is 0.0795 e. The van der Waals surface area contributed by atoms with E-state index < -0.39 is 0 Å². The van der Waals surface area contributed by atoms with Gasteiger partial charge in [0.1, 0.15) is 0 Å². The van der Waals surface area contributed by atoms with Crippen molar-refractivity contribution < 1.29 is 0 Å². The van der Waals surface area contributed by atoms with Crippen LogP contribution in [0.15, 0.2) is 10.9 Å². The lowest BCUT2D eigenvalue weighted by molar-refractivity contribution is 1.20. The van der Waals surface area contributed by atoms with Gasteiger partial charge in [-0.25, -0.2) is 4.98 Å². The van der Waals surface area contributed by atoms with Crippen molar-refractivity contribution >= 4 is 23.1 Å². The Hall–Kier alpha value is -0.530. The molecule has 0 aliphatic carbocycles. The predicted molar refractivity (Wildman–Crippen MR) is 48.5 cm³/mol. The highest BCUT2D eigenvalue weighted by Crippen LogP contribution is 2.12. The fourth-order valence-electron chi connectivity index (χ4n) is 0.603. The van der Waals surface area contributed by atoms with Gasteiger partial charge in [-0.2, -0.15) is 17.0 Å². The van der Waals surface area contributed by atoms with Gasteiger partial charge < -0.3 is 0 Å². The zero-order valence-electron chi connectivity index (χ0n) is 5.99. The number of hydrogen-bond acceptors (Lipinski definition) is 4. The van der Waals surface area contributed by atoms with Gasteiger partial charge in [-0.05, 0) is 0 Å². The number of nitriles is 1. The van der Waals surface area contributed by atoms with Crippen LogP contribution in [-0.4, -0.2) is 10.7 Å². The summed E-state index contributed by atoms with van der Waals surface area (Å²) in [6, 6.07) is 2.11. The molecule has 4 heteroatoms. The zero-order valence-corrected chi connectivity index (χ0v) is 7.62. The number of nitrogens with zero attached hydrogens (tertiary/aromatic N) is 2. The molecule has 58 valence electrons. The molecule has 0 unspecified atom stereocenters. The van der Waals surface area contributed by atoms with Gasteiger partial charge in [0.25, 0.3) is 0 Å². The van der Waals surface area contributed by atoms with Crippen LogP contribution in [0.2, 0.25) is 0 Å². The van der Waals surface area contributed by atoms with Gasteiger partial charge in [0.05, 0.1) is 17.3 Å². The molecule has 0 bridgehead atoms. The summed E-state index contributed by atoms with van der Waals surface area (Å²) in [5.41, 5.74) is 2.96. The Bertz CT molecular complexity index is 225. The molecular weight excluding hydrogens is 176 g/mol. The molecule has 0 N–H and O–H groups in total. The first-order chi connectivity index (χ1) is 5.43. The van der Waals surface area contributed by atoms with Crippen LogP contribution in [0.4, 0.5) is 0 Å². The largest absolute Gasteiger partial charge is 0.249 e. The van der Waals surface area contributed by atoms with E-state index in [4.69, 9.17) is 5.26 Å². The normalized spacial score (nSPS) is 9.36. The van der Waals surface area contributed by atoms with Crippen LogP contribution in [0.5, 0.6) is 0 Å². The van der Waals surface area contributed by atoms with Crippen LogP contribution in [0.25, 0.3) is 0 Å². The zero-order chi connectivity index (χ0) is 7.94. The molecule has 0 aliphatic heterocycles. The van der Waals surface area contributed by atoms with Gasteiger partial charge in [0.2, 0.25) is 0 Å². The van der Waals surface area contributed by atoms with E-state index in [1.165, 1.54) is 0 Å². The first-order valence-corrected chi connectivity index (χ1v) is 5.35. The summed E-state index contributed by atoms with van der Waals surface area (Å²) < 4.78 is 0. The molecule has 1 aromatic heterocycles. The van der Waals surface area contributed by atoms with Crippen molar-refractivity contribution in [3.63, 3.8) is 0 Å². The average Bonchev–Trinajstić information content (AvgIpc) is 2.50. The third-order valence-corrected chi connectivity index (χ3v) is 2.72. The van der Waals surface area contributed by atoms with Gasteiger partial charge in [0.15, 0.2) is 0 Å². The lowest BCUT2D eigenvalue weighted by atomic mass is 10.6. The van der Waals surface area contributed by atoms with E-state index in [-0.39, 0.29) is 0 Å². The van der Waals surface area contributed by atoms with Gasteiger partial charge >= 0.3 is 0 Å². The van der Waals surface area contributed by atoms with Gasteiger partial charge in [-0.15, -0.1) is 11.3 Å². The van der Waals surface area contributed by atoms with Crippen molar-refractivity contribution in [1.82, 2.24) is 4.98 Å². The highest BCUT2D eigenvalue weighted by molar-refractivity contribution is 7.98. The summed E-state index contributed by atoms with van der Waals surface area (Å²) in [5.74, 6) is 1.85. The maximum atomic E-state index is 8.25. The molecule has 0 radical (unpaired) electrons. The molecule has 11 heavy (non-hydrogen) atoms. The number of thiazole rings is 1. The van der Waals surface area contributed by atoms with Crippen LogP contribution in [0, 0.1) is 11.3 Å². The minimum absolute atomic E-state index is 0.634. The quantitative estimate of drug-likeness (QED) is 0.674. The Balaban J connectivity index is 2.10. The Morgan fingerprint density at radius 1 is 1.73 bits per heavy atom. The summed E-state index contributed by atoms with van der Waals surface area (Å²) in [5, 5.41) is 10.3. The third kappa shape index (κ3) is 3.40. The van der Waals surface area contributed by atoms with Crippen LogP contribution >= 0.6 is 23.1 Å². The maximum absolute atomic E-state index is 8.25. The van der Waals surface area contributed by atoms with Gasteiger partial charge in [0, 0.05) is 23.3 Å².